The standard InChI is InChI=1S/C8H16O.Mg.2H/c1-4-8(6-9)5-7(2)3;;;/h6-8H,4-5H2,1-3H3;;;. The molecule has 0 aliphatic rings. The topological polar surface area (TPSA) is 17.1 Å². The highest BCUT2D eigenvalue weighted by atomic mass is 24.3. The molecule has 1 unspecified atom stereocenters. The summed E-state index contributed by atoms with van der Waals surface area (Å²) < 4.78 is 0. The Morgan fingerprint density at radius 3 is 2.00 bits per heavy atom. The molecule has 0 rings (SSSR count). The van der Waals surface area contributed by atoms with Crippen LogP contribution >= 0.6 is 0 Å². The molecule has 2 heteroatoms. The third kappa shape index (κ3) is 6.55. The minimum atomic E-state index is 0. The molecule has 0 bridgehead atoms. The van der Waals surface area contributed by atoms with Gasteiger partial charge in [0.05, 0.1) is 0 Å². The van der Waals surface area contributed by atoms with Crippen LogP contribution in [0.2, 0.25) is 0 Å². The van der Waals surface area contributed by atoms with Crippen molar-refractivity contribution in [3.63, 3.8) is 0 Å². The molecule has 0 fully saturated rings. The van der Waals surface area contributed by atoms with Crippen LogP contribution in [0.5, 0.6) is 0 Å². The van der Waals surface area contributed by atoms with E-state index in [4.69, 9.17) is 0 Å². The third-order valence-corrected chi connectivity index (χ3v) is 1.49. The molecule has 0 aromatic rings. The van der Waals surface area contributed by atoms with E-state index in [0.717, 1.165) is 19.1 Å². The van der Waals surface area contributed by atoms with E-state index >= 15 is 0 Å². The first-order valence-electron chi connectivity index (χ1n) is 3.66. The maximum atomic E-state index is 10.3. The first-order valence-corrected chi connectivity index (χ1v) is 3.66. The Kier molecular flexibility index (Phi) is 9.85. The first kappa shape index (κ1) is 13.1. The molecule has 0 aliphatic carbocycles. The SMILES string of the molecule is CCC(C=O)CC(C)C.[MgH2]. The van der Waals surface area contributed by atoms with Crippen molar-refractivity contribution in [2.45, 2.75) is 33.6 Å². The second-order valence-electron chi connectivity index (χ2n) is 2.93. The van der Waals surface area contributed by atoms with Gasteiger partial charge in [-0.25, -0.2) is 0 Å². The average Bonchev–Trinajstić information content (AvgIpc) is 1.82. The third-order valence-electron chi connectivity index (χ3n) is 1.49. The predicted octanol–water partition coefficient (Wildman–Crippen LogP) is 1.34. The quantitative estimate of drug-likeness (QED) is 0.441. The second kappa shape index (κ2) is 7.54. The summed E-state index contributed by atoms with van der Waals surface area (Å²) in [4.78, 5) is 10.3. The van der Waals surface area contributed by atoms with Gasteiger partial charge < -0.3 is 4.79 Å². The van der Waals surface area contributed by atoms with Gasteiger partial charge in [0.1, 0.15) is 6.29 Å². The van der Waals surface area contributed by atoms with Crippen molar-refractivity contribution in [2.24, 2.45) is 11.8 Å². The van der Waals surface area contributed by atoms with Crippen molar-refractivity contribution < 1.29 is 4.79 Å². The predicted molar refractivity (Wildman–Crippen MR) is 47.8 cm³/mol. The molecule has 0 amide bonds. The Hall–Kier alpha value is 0.436. The summed E-state index contributed by atoms with van der Waals surface area (Å²) in [6, 6.07) is 0. The Bertz CT molecular complexity index is 81.3. The fourth-order valence-electron chi connectivity index (χ4n) is 0.924. The number of hydrogen-bond acceptors (Lipinski definition) is 1. The van der Waals surface area contributed by atoms with Crippen molar-refractivity contribution >= 4 is 29.3 Å². The molecule has 1 atom stereocenters. The Balaban J connectivity index is 0. The molecule has 10 heavy (non-hydrogen) atoms. The van der Waals surface area contributed by atoms with E-state index in [9.17, 15) is 4.79 Å². The molecule has 0 aromatic heterocycles. The Morgan fingerprint density at radius 1 is 1.40 bits per heavy atom. The minimum Gasteiger partial charge on any atom is -0.303 e. The van der Waals surface area contributed by atoms with Gasteiger partial charge >= 0.3 is 23.1 Å². The van der Waals surface area contributed by atoms with Crippen LogP contribution in [0.15, 0.2) is 0 Å². The van der Waals surface area contributed by atoms with Crippen molar-refractivity contribution in [2.75, 3.05) is 0 Å². The van der Waals surface area contributed by atoms with Gasteiger partial charge in [0, 0.05) is 5.92 Å². The lowest BCUT2D eigenvalue weighted by molar-refractivity contribution is -0.111. The van der Waals surface area contributed by atoms with E-state index < -0.39 is 0 Å². The van der Waals surface area contributed by atoms with E-state index in [1.54, 1.807) is 0 Å². The van der Waals surface area contributed by atoms with Gasteiger partial charge in [0.25, 0.3) is 0 Å². The number of carbonyl (C=O) groups excluding carboxylic acids is 1. The van der Waals surface area contributed by atoms with E-state index in [-0.39, 0.29) is 23.1 Å². The van der Waals surface area contributed by atoms with Gasteiger partial charge in [-0.15, -0.1) is 0 Å². The lowest BCUT2D eigenvalue weighted by Crippen LogP contribution is -2.03. The van der Waals surface area contributed by atoms with Gasteiger partial charge in [0.15, 0.2) is 0 Å². The molecule has 0 radical (unpaired) electrons. The van der Waals surface area contributed by atoms with Crippen LogP contribution < -0.4 is 0 Å². The number of rotatable bonds is 4. The zero-order valence-electron chi connectivity index (χ0n) is 6.55. The zero-order chi connectivity index (χ0) is 7.28. The summed E-state index contributed by atoms with van der Waals surface area (Å²) in [5, 5.41) is 0. The van der Waals surface area contributed by atoms with E-state index in [1.165, 1.54) is 0 Å². The Labute approximate surface area is 79.7 Å². The first-order chi connectivity index (χ1) is 4.20. The lowest BCUT2D eigenvalue weighted by Gasteiger charge is -2.08. The van der Waals surface area contributed by atoms with Crippen molar-refractivity contribution in [1.29, 1.82) is 0 Å². The molecule has 0 aromatic carbocycles. The molecule has 0 N–H and O–H groups in total. The van der Waals surface area contributed by atoms with Crippen molar-refractivity contribution in [1.82, 2.24) is 0 Å². The van der Waals surface area contributed by atoms with E-state index in [1.807, 2.05) is 0 Å². The fourth-order valence-corrected chi connectivity index (χ4v) is 0.924. The second-order valence-corrected chi connectivity index (χ2v) is 2.93. The summed E-state index contributed by atoms with van der Waals surface area (Å²) in [7, 11) is 0. The molecule has 0 saturated heterocycles. The number of aldehydes is 1. The van der Waals surface area contributed by atoms with Gasteiger partial charge in [-0.1, -0.05) is 20.8 Å². The van der Waals surface area contributed by atoms with E-state index in [0.29, 0.717) is 11.8 Å². The monoisotopic (exact) mass is 154 g/mol. The largest absolute Gasteiger partial charge is 0.316 e. The van der Waals surface area contributed by atoms with Gasteiger partial charge in [-0.05, 0) is 18.8 Å². The smallest absolute Gasteiger partial charge is 0.303 e. The lowest BCUT2D eigenvalue weighted by atomic mass is 9.96. The molecular weight excluding hydrogens is 136 g/mol. The normalized spacial score (nSPS) is 12.4. The zero-order valence-corrected chi connectivity index (χ0v) is 6.55. The van der Waals surface area contributed by atoms with Crippen LogP contribution in [0, 0.1) is 11.8 Å². The summed E-state index contributed by atoms with van der Waals surface area (Å²) in [6.07, 6.45) is 3.10. The van der Waals surface area contributed by atoms with Crippen LogP contribution in [0.3, 0.4) is 0 Å². The van der Waals surface area contributed by atoms with Crippen LogP contribution in [0.4, 0.5) is 0 Å². The molecule has 1 nitrogen and oxygen atoms in total. The maximum Gasteiger partial charge on any atom is 0.316 e. The average molecular weight is 155 g/mol. The van der Waals surface area contributed by atoms with Gasteiger partial charge in [0.2, 0.25) is 0 Å². The highest BCUT2D eigenvalue weighted by molar-refractivity contribution is 5.75. The molecule has 0 spiro atoms. The van der Waals surface area contributed by atoms with Gasteiger partial charge in [-0.3, -0.25) is 0 Å². The summed E-state index contributed by atoms with van der Waals surface area (Å²) >= 11 is 0. The summed E-state index contributed by atoms with van der Waals surface area (Å²) in [5.41, 5.74) is 0. The van der Waals surface area contributed by atoms with Crippen molar-refractivity contribution in [3.8, 4) is 0 Å². The fraction of sp³-hybridized carbons (Fsp3) is 0.875. The number of carbonyl (C=O) groups is 1. The summed E-state index contributed by atoms with van der Waals surface area (Å²) in [5.74, 6) is 0.949. The van der Waals surface area contributed by atoms with Crippen LogP contribution in [-0.4, -0.2) is 29.3 Å². The Morgan fingerprint density at radius 2 is 1.90 bits per heavy atom. The molecule has 0 heterocycles. The van der Waals surface area contributed by atoms with E-state index in [2.05, 4.69) is 20.8 Å². The van der Waals surface area contributed by atoms with Crippen molar-refractivity contribution in [3.05, 3.63) is 0 Å². The highest BCUT2D eigenvalue weighted by Crippen LogP contribution is 2.11. The molecule has 0 saturated carbocycles. The van der Waals surface area contributed by atoms with Crippen LogP contribution in [0.25, 0.3) is 0 Å². The highest BCUT2D eigenvalue weighted by Gasteiger charge is 2.05. The van der Waals surface area contributed by atoms with Gasteiger partial charge in [-0.2, -0.15) is 0 Å². The molecule has 0 aliphatic heterocycles. The molecular formula is C8H18MgO. The molecule has 58 valence electrons. The minimum absolute atomic E-state index is 0. The van der Waals surface area contributed by atoms with Crippen LogP contribution in [0.1, 0.15) is 33.6 Å². The van der Waals surface area contributed by atoms with Crippen LogP contribution in [-0.2, 0) is 4.79 Å². The summed E-state index contributed by atoms with van der Waals surface area (Å²) in [6.45, 7) is 6.35. The maximum absolute atomic E-state index is 10.3. The number of hydrogen-bond donors (Lipinski definition) is 0.